The van der Waals surface area contributed by atoms with E-state index in [1.807, 2.05) is 55.0 Å². The minimum Gasteiger partial charge on any atom is -0.382 e. The van der Waals surface area contributed by atoms with Crippen molar-refractivity contribution in [3.63, 3.8) is 0 Å². The molecule has 1 unspecified atom stereocenters. The molecule has 1 atom stereocenters. The van der Waals surface area contributed by atoms with Gasteiger partial charge in [-0.3, -0.25) is 0 Å². The molecule has 0 saturated carbocycles. The Labute approximate surface area is 202 Å². The summed E-state index contributed by atoms with van der Waals surface area (Å²) in [6.07, 6.45) is 2.93. The lowest BCUT2D eigenvalue weighted by atomic mass is 9.77. The van der Waals surface area contributed by atoms with E-state index in [2.05, 4.69) is 98.3 Å². The molecular formula is C29H23BrN2O. The predicted molar refractivity (Wildman–Crippen MR) is 135 cm³/mol. The van der Waals surface area contributed by atoms with E-state index < -0.39 is 11.6 Å². The normalized spacial score (nSPS) is 12.4. The van der Waals surface area contributed by atoms with Gasteiger partial charge < -0.3 is 9.67 Å². The summed E-state index contributed by atoms with van der Waals surface area (Å²) >= 11 is 3.56. The summed E-state index contributed by atoms with van der Waals surface area (Å²) in [6.45, 7) is 0. The molecule has 0 radical (unpaired) electrons. The zero-order valence-corrected chi connectivity index (χ0v) is 19.5. The molecule has 0 saturated heterocycles. The van der Waals surface area contributed by atoms with Crippen molar-refractivity contribution in [1.82, 2.24) is 9.55 Å². The number of benzene rings is 4. The molecule has 5 aromatic rings. The topological polar surface area (TPSA) is 38.0 Å². The van der Waals surface area contributed by atoms with Crippen LogP contribution in [0.2, 0.25) is 0 Å². The van der Waals surface area contributed by atoms with Gasteiger partial charge >= 0.3 is 0 Å². The molecule has 0 amide bonds. The van der Waals surface area contributed by atoms with Gasteiger partial charge in [0.05, 0.1) is 12.0 Å². The molecule has 162 valence electrons. The van der Waals surface area contributed by atoms with Crippen LogP contribution < -0.4 is 0 Å². The first-order chi connectivity index (χ1) is 16.2. The van der Waals surface area contributed by atoms with Crippen LogP contribution in [0, 0.1) is 0 Å². The Balaban J connectivity index is 1.75. The summed E-state index contributed by atoms with van der Waals surface area (Å²) in [5.41, 5.74) is 4.06. The standard InChI is InChI=1S/C29H23BrN2O/c30-26-19-11-10-18-25(26)28(33)27-20-32(21-31-27)29(22-12-4-1-5-13-22,23-14-6-2-7-15-23)24-16-8-3-9-17-24/h1-21,28,33H. The molecule has 0 aliphatic rings. The van der Waals surface area contributed by atoms with Gasteiger partial charge in [-0.15, -0.1) is 0 Å². The van der Waals surface area contributed by atoms with Gasteiger partial charge in [-0.1, -0.05) is 125 Å². The molecule has 33 heavy (non-hydrogen) atoms. The summed E-state index contributed by atoms with van der Waals surface area (Å²) < 4.78 is 2.97. The fourth-order valence-corrected chi connectivity index (χ4v) is 5.01. The molecule has 0 fully saturated rings. The van der Waals surface area contributed by atoms with Crippen molar-refractivity contribution in [3.05, 3.63) is 160 Å². The number of rotatable bonds is 6. The van der Waals surface area contributed by atoms with Crippen LogP contribution in [0.15, 0.2) is 132 Å². The fraction of sp³-hybridized carbons (Fsp3) is 0.0690. The van der Waals surface area contributed by atoms with Crippen molar-refractivity contribution in [2.45, 2.75) is 11.6 Å². The summed E-state index contributed by atoms with van der Waals surface area (Å²) in [5, 5.41) is 11.2. The largest absolute Gasteiger partial charge is 0.382 e. The van der Waals surface area contributed by atoms with Gasteiger partial charge in [-0.05, 0) is 22.8 Å². The number of aliphatic hydroxyl groups excluding tert-OH is 1. The van der Waals surface area contributed by atoms with Crippen molar-refractivity contribution in [2.24, 2.45) is 0 Å². The Bertz CT molecular complexity index is 1240. The van der Waals surface area contributed by atoms with Crippen LogP contribution in [0.3, 0.4) is 0 Å². The van der Waals surface area contributed by atoms with Crippen molar-refractivity contribution in [1.29, 1.82) is 0 Å². The van der Waals surface area contributed by atoms with Crippen molar-refractivity contribution >= 4 is 15.9 Å². The van der Waals surface area contributed by atoms with Crippen LogP contribution in [0.25, 0.3) is 0 Å². The fourth-order valence-electron chi connectivity index (χ4n) is 4.50. The summed E-state index contributed by atoms with van der Waals surface area (Å²) in [4.78, 5) is 4.67. The van der Waals surface area contributed by atoms with Gasteiger partial charge in [0.1, 0.15) is 11.6 Å². The predicted octanol–water partition coefficient (Wildman–Crippen LogP) is 6.57. The highest BCUT2D eigenvalue weighted by Gasteiger charge is 2.38. The van der Waals surface area contributed by atoms with Gasteiger partial charge in [-0.2, -0.15) is 0 Å². The Hall–Kier alpha value is -3.47. The van der Waals surface area contributed by atoms with Crippen molar-refractivity contribution < 1.29 is 5.11 Å². The zero-order chi connectivity index (χ0) is 22.7. The summed E-state index contributed by atoms with van der Waals surface area (Å²) in [5.74, 6) is 0. The molecular weight excluding hydrogens is 472 g/mol. The maximum Gasteiger partial charge on any atom is 0.124 e. The Morgan fingerprint density at radius 2 is 1.12 bits per heavy atom. The van der Waals surface area contributed by atoms with Crippen LogP contribution in [-0.2, 0) is 5.54 Å². The van der Waals surface area contributed by atoms with Crippen molar-refractivity contribution in [2.75, 3.05) is 0 Å². The van der Waals surface area contributed by atoms with E-state index in [0.717, 1.165) is 26.7 Å². The van der Waals surface area contributed by atoms with Gasteiger partial charge in [0.25, 0.3) is 0 Å². The van der Waals surface area contributed by atoms with E-state index in [1.165, 1.54) is 0 Å². The average Bonchev–Trinajstić information content (AvgIpc) is 3.37. The second-order valence-electron chi connectivity index (χ2n) is 7.94. The number of nitrogens with zero attached hydrogens (tertiary/aromatic N) is 2. The van der Waals surface area contributed by atoms with Gasteiger partial charge in [-0.25, -0.2) is 4.98 Å². The lowest BCUT2D eigenvalue weighted by Crippen LogP contribution is -2.37. The maximum absolute atomic E-state index is 11.2. The number of hydrogen-bond donors (Lipinski definition) is 1. The number of aromatic nitrogens is 2. The Morgan fingerprint density at radius 3 is 1.61 bits per heavy atom. The SMILES string of the molecule is OC(c1cn(C(c2ccccc2)(c2ccccc2)c2ccccc2)cn1)c1ccccc1Br. The van der Waals surface area contributed by atoms with Crippen LogP contribution in [-0.4, -0.2) is 14.7 Å². The first-order valence-corrected chi connectivity index (χ1v) is 11.6. The van der Waals surface area contributed by atoms with E-state index in [4.69, 9.17) is 0 Å². The molecule has 4 aromatic carbocycles. The van der Waals surface area contributed by atoms with Crippen LogP contribution in [0.5, 0.6) is 0 Å². The monoisotopic (exact) mass is 494 g/mol. The molecule has 5 rings (SSSR count). The highest BCUT2D eigenvalue weighted by molar-refractivity contribution is 9.10. The lowest BCUT2D eigenvalue weighted by Gasteiger charge is -2.37. The maximum atomic E-state index is 11.2. The van der Waals surface area contributed by atoms with E-state index in [0.29, 0.717) is 5.69 Å². The minimum absolute atomic E-state index is 0.592. The molecule has 0 aliphatic carbocycles. The Kier molecular flexibility index (Phi) is 5.95. The number of imidazole rings is 1. The average molecular weight is 495 g/mol. The molecule has 0 spiro atoms. The molecule has 1 aromatic heterocycles. The second kappa shape index (κ2) is 9.18. The molecule has 0 bridgehead atoms. The van der Waals surface area contributed by atoms with Crippen LogP contribution in [0.1, 0.15) is 34.1 Å². The highest BCUT2D eigenvalue weighted by atomic mass is 79.9. The van der Waals surface area contributed by atoms with Gasteiger partial charge in [0, 0.05) is 16.2 Å². The molecule has 1 N–H and O–H groups in total. The molecule has 4 heteroatoms. The lowest BCUT2D eigenvalue weighted by molar-refractivity contribution is 0.215. The first kappa shape index (κ1) is 21.4. The third kappa shape index (κ3) is 3.82. The van der Waals surface area contributed by atoms with Crippen LogP contribution >= 0.6 is 15.9 Å². The second-order valence-corrected chi connectivity index (χ2v) is 8.79. The quantitative estimate of drug-likeness (QED) is 0.271. The molecule has 0 aliphatic heterocycles. The van der Waals surface area contributed by atoms with Crippen LogP contribution in [0.4, 0.5) is 0 Å². The van der Waals surface area contributed by atoms with Crippen molar-refractivity contribution in [3.8, 4) is 0 Å². The van der Waals surface area contributed by atoms with E-state index in [1.54, 1.807) is 0 Å². The molecule has 3 nitrogen and oxygen atoms in total. The number of halogens is 1. The Morgan fingerprint density at radius 1 is 0.667 bits per heavy atom. The van der Waals surface area contributed by atoms with E-state index in [9.17, 15) is 5.11 Å². The first-order valence-electron chi connectivity index (χ1n) is 10.8. The summed E-state index contributed by atoms with van der Waals surface area (Å²) in [6, 6.07) is 39.0. The number of aliphatic hydroxyl groups is 1. The van der Waals surface area contributed by atoms with E-state index in [-0.39, 0.29) is 0 Å². The highest BCUT2D eigenvalue weighted by Crippen LogP contribution is 2.41. The third-order valence-corrected chi connectivity index (χ3v) is 6.77. The third-order valence-electron chi connectivity index (χ3n) is 6.04. The van der Waals surface area contributed by atoms with E-state index >= 15 is 0 Å². The minimum atomic E-state index is -0.846. The number of hydrogen-bond acceptors (Lipinski definition) is 2. The van der Waals surface area contributed by atoms with Gasteiger partial charge in [0.2, 0.25) is 0 Å². The summed E-state index contributed by atoms with van der Waals surface area (Å²) in [7, 11) is 0. The molecule has 1 heterocycles. The van der Waals surface area contributed by atoms with Gasteiger partial charge in [0.15, 0.2) is 0 Å². The zero-order valence-electron chi connectivity index (χ0n) is 17.9. The smallest absolute Gasteiger partial charge is 0.124 e.